The van der Waals surface area contributed by atoms with Crippen molar-refractivity contribution in [2.24, 2.45) is 7.05 Å². The second-order valence-corrected chi connectivity index (χ2v) is 5.80. The summed E-state index contributed by atoms with van der Waals surface area (Å²) >= 11 is 5.94. The molecule has 0 atom stereocenters. The molecule has 2 N–H and O–H groups in total. The highest BCUT2D eigenvalue weighted by molar-refractivity contribution is 6.31. The maximum absolute atomic E-state index is 12.0. The van der Waals surface area contributed by atoms with E-state index in [2.05, 4.69) is 15.7 Å². The van der Waals surface area contributed by atoms with Gasteiger partial charge in [0.05, 0.1) is 5.69 Å². The van der Waals surface area contributed by atoms with Gasteiger partial charge in [0.1, 0.15) is 0 Å². The first-order chi connectivity index (χ1) is 10.4. The number of urea groups is 1. The number of rotatable bonds is 4. The Kier molecular flexibility index (Phi) is 5.08. The Bertz CT molecular complexity index is 694. The quantitative estimate of drug-likeness (QED) is 0.907. The predicted octanol–water partition coefficient (Wildman–Crippen LogP) is 3.36. The second kappa shape index (κ2) is 6.83. The van der Waals surface area contributed by atoms with Crippen LogP contribution in [0.4, 0.5) is 10.5 Å². The number of hydrogen-bond donors (Lipinski definition) is 2. The predicted molar refractivity (Wildman–Crippen MR) is 89.6 cm³/mol. The molecule has 2 amide bonds. The summed E-state index contributed by atoms with van der Waals surface area (Å²) in [6, 6.07) is 5.18. The minimum Gasteiger partial charge on any atom is -0.338 e. The van der Waals surface area contributed by atoms with Gasteiger partial charge in [-0.1, -0.05) is 17.7 Å². The molecule has 0 aliphatic rings. The van der Waals surface area contributed by atoms with Crippen molar-refractivity contribution in [3.05, 3.63) is 45.7 Å². The van der Waals surface area contributed by atoms with E-state index in [-0.39, 0.29) is 6.03 Å². The van der Waals surface area contributed by atoms with Crippen LogP contribution in [0.1, 0.15) is 22.5 Å². The molecule has 0 aliphatic carbocycles. The van der Waals surface area contributed by atoms with Crippen LogP contribution in [0.3, 0.4) is 0 Å². The van der Waals surface area contributed by atoms with Crippen LogP contribution in [-0.2, 0) is 13.5 Å². The van der Waals surface area contributed by atoms with Gasteiger partial charge in [-0.25, -0.2) is 4.79 Å². The molecule has 0 saturated heterocycles. The summed E-state index contributed by atoms with van der Waals surface area (Å²) in [5, 5.41) is 10.6. The zero-order valence-corrected chi connectivity index (χ0v) is 14.1. The van der Waals surface area contributed by atoms with Crippen molar-refractivity contribution >= 4 is 23.3 Å². The van der Waals surface area contributed by atoms with Gasteiger partial charge in [-0.2, -0.15) is 5.10 Å². The average molecular weight is 321 g/mol. The van der Waals surface area contributed by atoms with Crippen LogP contribution in [-0.4, -0.2) is 22.4 Å². The third-order valence-corrected chi connectivity index (χ3v) is 4.00. The zero-order valence-electron chi connectivity index (χ0n) is 13.3. The van der Waals surface area contributed by atoms with E-state index in [0.717, 1.165) is 29.1 Å². The van der Waals surface area contributed by atoms with Crippen molar-refractivity contribution in [2.45, 2.75) is 27.2 Å². The number of nitrogens with one attached hydrogen (secondary N) is 2. The molecule has 0 spiro atoms. The fourth-order valence-electron chi connectivity index (χ4n) is 2.38. The number of carbonyl (C=O) groups is 1. The van der Waals surface area contributed by atoms with Crippen molar-refractivity contribution in [1.82, 2.24) is 15.1 Å². The number of carbonyl (C=O) groups excluding carboxylic acids is 1. The smallest absolute Gasteiger partial charge is 0.319 e. The number of amides is 2. The number of aromatic nitrogens is 2. The van der Waals surface area contributed by atoms with E-state index >= 15 is 0 Å². The van der Waals surface area contributed by atoms with Crippen molar-refractivity contribution in [2.75, 3.05) is 11.9 Å². The Labute approximate surface area is 135 Å². The highest BCUT2D eigenvalue weighted by Crippen LogP contribution is 2.20. The fraction of sp³-hybridized carbons (Fsp3) is 0.375. The van der Waals surface area contributed by atoms with Gasteiger partial charge in [0, 0.05) is 30.0 Å². The van der Waals surface area contributed by atoms with Crippen LogP contribution >= 0.6 is 11.6 Å². The lowest BCUT2D eigenvalue weighted by Crippen LogP contribution is -2.30. The molecular weight excluding hydrogens is 300 g/mol. The van der Waals surface area contributed by atoms with E-state index in [1.807, 2.05) is 38.6 Å². The molecule has 0 unspecified atom stereocenters. The van der Waals surface area contributed by atoms with Gasteiger partial charge in [-0.3, -0.25) is 4.68 Å². The highest BCUT2D eigenvalue weighted by Gasteiger charge is 2.10. The van der Waals surface area contributed by atoms with Crippen LogP contribution in [0.5, 0.6) is 0 Å². The van der Waals surface area contributed by atoms with Crippen molar-refractivity contribution in [3.63, 3.8) is 0 Å². The molecule has 118 valence electrons. The van der Waals surface area contributed by atoms with Crippen LogP contribution in [0.25, 0.3) is 0 Å². The lowest BCUT2D eigenvalue weighted by atomic mass is 10.1. The summed E-state index contributed by atoms with van der Waals surface area (Å²) in [5.41, 5.74) is 5.01. The number of aryl methyl sites for hydroxylation is 3. The van der Waals surface area contributed by atoms with E-state index in [1.165, 1.54) is 5.56 Å². The van der Waals surface area contributed by atoms with Crippen LogP contribution in [0, 0.1) is 20.8 Å². The van der Waals surface area contributed by atoms with Crippen molar-refractivity contribution in [3.8, 4) is 0 Å². The maximum atomic E-state index is 12.0. The molecule has 0 saturated carbocycles. The van der Waals surface area contributed by atoms with Crippen LogP contribution in [0.2, 0.25) is 5.02 Å². The Balaban J connectivity index is 1.89. The Morgan fingerprint density at radius 2 is 2.05 bits per heavy atom. The third kappa shape index (κ3) is 3.80. The molecule has 0 bridgehead atoms. The normalized spacial score (nSPS) is 10.6. The summed E-state index contributed by atoms with van der Waals surface area (Å²) in [6.45, 7) is 6.50. The second-order valence-electron chi connectivity index (χ2n) is 5.36. The molecule has 2 rings (SSSR count). The number of halogens is 1. The summed E-state index contributed by atoms with van der Waals surface area (Å²) in [7, 11) is 1.92. The van der Waals surface area contributed by atoms with E-state index in [9.17, 15) is 4.79 Å². The standard InChI is InChI=1S/C16H21ClN4O/c1-10-5-6-13(17)9-15(10)19-16(22)18-8-7-14-11(2)20-21(4)12(14)3/h5-6,9H,7-8H2,1-4H3,(H2,18,19,22). The molecule has 1 heterocycles. The average Bonchev–Trinajstić information content (AvgIpc) is 2.69. The molecule has 1 aromatic carbocycles. The Morgan fingerprint density at radius 1 is 1.32 bits per heavy atom. The van der Waals surface area contributed by atoms with Gasteiger partial charge < -0.3 is 10.6 Å². The third-order valence-electron chi connectivity index (χ3n) is 3.77. The molecule has 2 aromatic rings. The first kappa shape index (κ1) is 16.4. The molecule has 22 heavy (non-hydrogen) atoms. The lowest BCUT2D eigenvalue weighted by Gasteiger charge is -2.10. The minimum atomic E-state index is -0.232. The first-order valence-electron chi connectivity index (χ1n) is 7.18. The molecule has 0 aliphatic heterocycles. The number of anilines is 1. The summed E-state index contributed by atoms with van der Waals surface area (Å²) in [4.78, 5) is 12.0. The zero-order chi connectivity index (χ0) is 16.3. The molecular formula is C16H21ClN4O. The van der Waals surface area contributed by atoms with E-state index in [1.54, 1.807) is 12.1 Å². The Morgan fingerprint density at radius 3 is 2.68 bits per heavy atom. The lowest BCUT2D eigenvalue weighted by molar-refractivity contribution is 0.252. The summed E-state index contributed by atoms with van der Waals surface area (Å²) < 4.78 is 1.86. The first-order valence-corrected chi connectivity index (χ1v) is 7.56. The largest absolute Gasteiger partial charge is 0.338 e. The van der Waals surface area contributed by atoms with E-state index < -0.39 is 0 Å². The summed E-state index contributed by atoms with van der Waals surface area (Å²) in [6.07, 6.45) is 0.757. The van der Waals surface area contributed by atoms with Gasteiger partial charge in [-0.15, -0.1) is 0 Å². The van der Waals surface area contributed by atoms with Crippen molar-refractivity contribution < 1.29 is 4.79 Å². The van der Waals surface area contributed by atoms with E-state index in [4.69, 9.17) is 11.6 Å². The van der Waals surface area contributed by atoms with Crippen LogP contribution in [0.15, 0.2) is 18.2 Å². The molecule has 0 radical (unpaired) electrons. The minimum absolute atomic E-state index is 0.232. The molecule has 0 fully saturated rings. The number of nitrogens with zero attached hydrogens (tertiary/aromatic N) is 2. The molecule has 6 heteroatoms. The Hall–Kier alpha value is -2.01. The van der Waals surface area contributed by atoms with Crippen LogP contribution < -0.4 is 10.6 Å². The van der Waals surface area contributed by atoms with Gasteiger partial charge in [0.2, 0.25) is 0 Å². The van der Waals surface area contributed by atoms with Gasteiger partial charge >= 0.3 is 6.03 Å². The highest BCUT2D eigenvalue weighted by atomic mass is 35.5. The number of benzene rings is 1. The molecule has 1 aromatic heterocycles. The topological polar surface area (TPSA) is 59.0 Å². The van der Waals surface area contributed by atoms with Gasteiger partial charge in [0.15, 0.2) is 0 Å². The number of hydrogen-bond acceptors (Lipinski definition) is 2. The SMILES string of the molecule is Cc1ccc(Cl)cc1NC(=O)NCCc1c(C)nn(C)c1C. The van der Waals surface area contributed by atoms with Gasteiger partial charge in [0.25, 0.3) is 0 Å². The van der Waals surface area contributed by atoms with Crippen molar-refractivity contribution in [1.29, 1.82) is 0 Å². The fourth-order valence-corrected chi connectivity index (χ4v) is 2.55. The maximum Gasteiger partial charge on any atom is 0.319 e. The van der Waals surface area contributed by atoms with Gasteiger partial charge in [-0.05, 0) is 50.5 Å². The monoisotopic (exact) mass is 320 g/mol. The van der Waals surface area contributed by atoms with E-state index in [0.29, 0.717) is 11.6 Å². The molecule has 5 nitrogen and oxygen atoms in total. The summed E-state index contributed by atoms with van der Waals surface area (Å²) in [5.74, 6) is 0.